The third-order valence-electron chi connectivity index (χ3n) is 3.49. The number of hydrogen-bond donors (Lipinski definition) is 0. The second kappa shape index (κ2) is 7.00. The molecule has 32 heavy (non-hydrogen) atoms. The van der Waals surface area contributed by atoms with E-state index in [4.69, 9.17) is 5.73 Å². The van der Waals surface area contributed by atoms with E-state index in [9.17, 15) is 92.2 Å². The summed E-state index contributed by atoms with van der Waals surface area (Å²) in [6.45, 7) is 0. The lowest BCUT2D eigenvalue weighted by molar-refractivity contribution is -0.474. The molecule has 1 nitrogen and oxygen atoms in total. The van der Waals surface area contributed by atoms with Crippen molar-refractivity contribution in [1.29, 1.82) is 0 Å². The minimum atomic E-state index is -9.20. The van der Waals surface area contributed by atoms with E-state index in [-0.39, 0.29) is 0 Å². The van der Waals surface area contributed by atoms with E-state index in [2.05, 4.69) is 0 Å². The second-order valence-corrected chi connectivity index (χ2v) is 5.63. The van der Waals surface area contributed by atoms with Crippen LogP contribution in [0.15, 0.2) is 0 Å². The van der Waals surface area contributed by atoms with Gasteiger partial charge in [0.2, 0.25) is 0 Å². The Kier molecular flexibility index (Phi) is 6.67. The molecule has 0 spiro atoms. The first-order valence-electron chi connectivity index (χ1n) is 6.44. The average Bonchev–Trinajstić information content (AvgIpc) is 2.51. The third-order valence-corrected chi connectivity index (χ3v) is 3.49. The summed E-state index contributed by atoms with van der Waals surface area (Å²) in [6.07, 6.45) is -8.01. The lowest BCUT2D eigenvalue weighted by Crippen LogP contribution is -2.76. The van der Waals surface area contributed by atoms with Crippen LogP contribution in [0.3, 0.4) is 0 Å². The van der Waals surface area contributed by atoms with Crippen LogP contribution in [0.2, 0.25) is 0 Å². The van der Waals surface area contributed by atoms with Crippen molar-refractivity contribution in [3.8, 4) is 0 Å². The van der Waals surface area contributed by atoms with E-state index < -0.39 is 59.6 Å². The van der Waals surface area contributed by atoms with Crippen LogP contribution in [0, 0.1) is 0 Å². The molecule has 0 aromatic carbocycles. The first-order chi connectivity index (χ1) is 13.2. The van der Waals surface area contributed by atoms with Gasteiger partial charge in [-0.15, -0.1) is 0 Å². The zero-order valence-electron chi connectivity index (χ0n) is 13.4. The molecule has 0 fully saturated rings. The van der Waals surface area contributed by atoms with E-state index in [1.54, 1.807) is 0 Å². The van der Waals surface area contributed by atoms with Crippen LogP contribution < -0.4 is 5.73 Å². The van der Waals surface area contributed by atoms with Gasteiger partial charge >= 0.3 is 59.6 Å². The smallest absolute Gasteiger partial charge is 0.192 e. The largest absolute Gasteiger partial charge is 0.460 e. The summed E-state index contributed by atoms with van der Waals surface area (Å²) in [5.74, 6) is -70.9. The number of alkyl halides is 21. The summed E-state index contributed by atoms with van der Waals surface area (Å²) in [5, 5.41) is 0. The standard InChI is InChI=1S/C10F21N/c11-1(12,3(15,16)5(19,20)7(23,24)9(27,28)29)2(13,14)4(17,18)6(21,22)8(25,26)10(30,31)32. The maximum absolute atomic E-state index is 13.1. The van der Waals surface area contributed by atoms with Crippen molar-refractivity contribution in [3.05, 3.63) is 0 Å². The Hall–Kier alpha value is -1.51. The van der Waals surface area contributed by atoms with Gasteiger partial charge in [0.25, 0.3) is 0 Å². The fraction of sp³-hybridized carbons (Fsp3) is 1.00. The Bertz CT molecular complexity index is 632. The number of nitrogens with zero attached hydrogens (tertiary/aromatic N) is 1. The van der Waals surface area contributed by atoms with Crippen LogP contribution in [0.5, 0.6) is 0 Å². The highest BCUT2D eigenvalue weighted by molar-refractivity contribution is 5.17. The second-order valence-electron chi connectivity index (χ2n) is 5.63. The van der Waals surface area contributed by atoms with Gasteiger partial charge in [0.05, 0.1) is 0 Å². The molecule has 0 amide bonds. The highest BCUT2D eigenvalue weighted by Gasteiger charge is 2.97. The van der Waals surface area contributed by atoms with Gasteiger partial charge in [0.1, 0.15) is 0 Å². The van der Waals surface area contributed by atoms with Crippen LogP contribution in [0.1, 0.15) is 0 Å². The first-order valence-corrected chi connectivity index (χ1v) is 6.44. The summed E-state index contributed by atoms with van der Waals surface area (Å²) in [6, 6.07) is -7.53. The van der Waals surface area contributed by atoms with E-state index in [1.165, 1.54) is 0 Å². The Balaban J connectivity index is 7.00. The highest BCUT2D eigenvalue weighted by Crippen LogP contribution is 2.65. The molecule has 0 aliphatic carbocycles. The lowest BCUT2D eigenvalue weighted by Gasteiger charge is -2.44. The van der Waals surface area contributed by atoms with Gasteiger partial charge < -0.3 is 0 Å². The molecular formula is C10F21N. The van der Waals surface area contributed by atoms with Crippen LogP contribution in [0.4, 0.5) is 92.2 Å². The summed E-state index contributed by atoms with van der Waals surface area (Å²) in [7, 11) is 0. The van der Waals surface area contributed by atoms with Gasteiger partial charge in [0.15, 0.2) is 0 Å². The topological polar surface area (TPSA) is 22.3 Å². The van der Waals surface area contributed by atoms with E-state index >= 15 is 0 Å². The van der Waals surface area contributed by atoms with Gasteiger partial charge in [0, 0.05) is 0 Å². The molecule has 2 radical (unpaired) electrons. The zero-order chi connectivity index (χ0) is 27.0. The molecule has 0 bridgehead atoms. The van der Waals surface area contributed by atoms with Crippen molar-refractivity contribution < 1.29 is 92.2 Å². The summed E-state index contributed by atoms with van der Waals surface area (Å²) < 4.78 is 266. The predicted molar refractivity (Wildman–Crippen MR) is 52.7 cm³/mol. The average molecular weight is 533 g/mol. The van der Waals surface area contributed by atoms with Crippen molar-refractivity contribution >= 4 is 0 Å². The summed E-state index contributed by atoms with van der Waals surface area (Å²) in [5.41, 5.74) is 7.38. The van der Waals surface area contributed by atoms with Gasteiger partial charge in [-0.25, -0.2) is 0 Å². The van der Waals surface area contributed by atoms with Gasteiger partial charge in [-0.3, -0.25) is 0 Å². The monoisotopic (exact) mass is 533 g/mol. The zero-order valence-corrected chi connectivity index (χ0v) is 13.4. The maximum Gasteiger partial charge on any atom is 0.460 e. The Morgan fingerprint density at radius 3 is 0.562 bits per heavy atom. The van der Waals surface area contributed by atoms with Crippen LogP contribution in [0.25, 0.3) is 0 Å². The molecule has 22 heteroatoms. The Morgan fingerprint density at radius 1 is 0.250 bits per heavy atom. The maximum atomic E-state index is 13.1. The molecule has 0 unspecified atom stereocenters. The molecule has 0 rings (SSSR count). The van der Waals surface area contributed by atoms with Crippen molar-refractivity contribution in [2.24, 2.45) is 0 Å². The van der Waals surface area contributed by atoms with Crippen molar-refractivity contribution in [2.75, 3.05) is 0 Å². The molecule has 0 aliphatic heterocycles. The molecule has 0 atom stereocenters. The highest BCUT2D eigenvalue weighted by atomic mass is 19.4. The van der Waals surface area contributed by atoms with Crippen LogP contribution in [-0.4, -0.2) is 59.6 Å². The molecule has 0 aliphatic rings. The van der Waals surface area contributed by atoms with Gasteiger partial charge in [-0.2, -0.15) is 92.2 Å². The predicted octanol–water partition coefficient (Wildman–Crippen LogP) is 6.29. The number of halogens is 21. The molecule has 0 saturated heterocycles. The van der Waals surface area contributed by atoms with Crippen LogP contribution >= 0.6 is 0 Å². The van der Waals surface area contributed by atoms with Crippen molar-refractivity contribution in [1.82, 2.24) is 5.73 Å². The Labute approximate surface area is 159 Å². The fourth-order valence-corrected chi connectivity index (χ4v) is 1.55. The third kappa shape index (κ3) is 3.41. The van der Waals surface area contributed by atoms with E-state index in [0.717, 1.165) is 0 Å². The minimum absolute atomic E-state index is 7.38. The molecule has 0 N–H and O–H groups in total. The van der Waals surface area contributed by atoms with E-state index in [0.29, 0.717) is 0 Å². The fourth-order valence-electron chi connectivity index (χ4n) is 1.55. The number of hydrogen-bond acceptors (Lipinski definition) is 0. The molecule has 0 aromatic rings. The van der Waals surface area contributed by atoms with Crippen LogP contribution in [-0.2, 0) is 0 Å². The number of rotatable bonds is 8. The Morgan fingerprint density at radius 2 is 0.406 bits per heavy atom. The van der Waals surface area contributed by atoms with E-state index in [1.807, 2.05) is 0 Å². The SMILES string of the molecule is [N]C(F)(F)C(F)(F)C(F)(F)C(F)(F)C(F)(F)C(F)(F)C(F)(F)C(F)(F)C(F)(F)C(F)(F)F. The van der Waals surface area contributed by atoms with Crippen molar-refractivity contribution in [2.45, 2.75) is 59.6 Å². The first kappa shape index (κ1) is 30.5. The van der Waals surface area contributed by atoms with Gasteiger partial charge in [-0.1, -0.05) is 5.73 Å². The molecule has 0 aromatic heterocycles. The molecule has 192 valence electrons. The van der Waals surface area contributed by atoms with Crippen molar-refractivity contribution in [3.63, 3.8) is 0 Å². The molecule has 0 heterocycles. The normalized spacial score (nSPS) is 17.1. The molecular weight excluding hydrogens is 533 g/mol. The summed E-state index contributed by atoms with van der Waals surface area (Å²) >= 11 is 0. The summed E-state index contributed by atoms with van der Waals surface area (Å²) in [4.78, 5) is 0. The lowest BCUT2D eigenvalue weighted by atomic mass is 9.87. The quantitative estimate of drug-likeness (QED) is 0.259. The van der Waals surface area contributed by atoms with Gasteiger partial charge in [-0.05, 0) is 0 Å². The minimum Gasteiger partial charge on any atom is -0.192 e. The molecule has 0 saturated carbocycles.